The number of aryl methyl sites for hydroxylation is 1. The fourth-order valence-corrected chi connectivity index (χ4v) is 4.70. The molecular formula is C20H15FN2O4S. The molecule has 0 aliphatic carbocycles. The molecule has 2 aliphatic heterocycles. The second-order valence-corrected chi connectivity index (χ2v) is 7.76. The van der Waals surface area contributed by atoms with Gasteiger partial charge in [0, 0.05) is 27.5 Å². The second-order valence-electron chi connectivity index (χ2n) is 6.94. The van der Waals surface area contributed by atoms with Crippen LogP contribution in [-0.2, 0) is 22.7 Å². The number of nitrogens with zero attached hydrogens (tertiary/aromatic N) is 2. The molecule has 1 aromatic carbocycles. The van der Waals surface area contributed by atoms with E-state index in [1.54, 1.807) is 10.6 Å². The van der Waals surface area contributed by atoms with Crippen LogP contribution in [0.15, 0.2) is 27.9 Å². The Labute approximate surface area is 163 Å². The third-order valence-corrected chi connectivity index (χ3v) is 6.35. The van der Waals surface area contributed by atoms with Crippen molar-refractivity contribution in [1.29, 1.82) is 0 Å². The van der Waals surface area contributed by atoms with E-state index >= 15 is 0 Å². The predicted molar refractivity (Wildman–Crippen MR) is 102 cm³/mol. The number of rotatable bonds is 1. The van der Waals surface area contributed by atoms with Gasteiger partial charge in [-0.15, -0.1) is 11.8 Å². The number of fused-ring (bicyclic) bond motifs is 5. The maximum Gasteiger partial charge on any atom is 0.340 e. The molecule has 0 amide bonds. The van der Waals surface area contributed by atoms with E-state index in [0.29, 0.717) is 28.3 Å². The number of aromatic nitrogens is 2. The number of hydrogen-bond donors (Lipinski definition) is 1. The SMILES string of the molecule is CSc1c(F)cc2nc3c(cc2c1C)Cn1c-3cc2c(c1=O)COC(=O)C2O. The second kappa shape index (κ2) is 5.89. The van der Waals surface area contributed by atoms with E-state index in [-0.39, 0.29) is 29.1 Å². The molecular weight excluding hydrogens is 383 g/mol. The average Bonchev–Trinajstić information content (AvgIpc) is 3.02. The fourth-order valence-electron chi connectivity index (χ4n) is 4.03. The van der Waals surface area contributed by atoms with Crippen molar-refractivity contribution in [2.75, 3.05) is 6.26 Å². The van der Waals surface area contributed by atoms with E-state index in [9.17, 15) is 19.1 Å². The number of esters is 1. The van der Waals surface area contributed by atoms with E-state index < -0.39 is 12.1 Å². The summed E-state index contributed by atoms with van der Waals surface area (Å²) in [5, 5.41) is 11.0. The van der Waals surface area contributed by atoms with Gasteiger partial charge in [-0.1, -0.05) is 0 Å². The van der Waals surface area contributed by atoms with Gasteiger partial charge in [-0.05, 0) is 30.9 Å². The number of pyridine rings is 2. The molecule has 0 bridgehead atoms. The Hall–Kier alpha value is -2.71. The first-order valence-corrected chi connectivity index (χ1v) is 9.91. The Morgan fingerprint density at radius 3 is 2.86 bits per heavy atom. The Balaban J connectivity index is 1.78. The molecule has 2 aromatic heterocycles. The lowest BCUT2D eigenvalue weighted by molar-refractivity contribution is -0.157. The quantitative estimate of drug-likeness (QED) is 0.392. The van der Waals surface area contributed by atoms with Crippen LogP contribution in [0.4, 0.5) is 4.39 Å². The van der Waals surface area contributed by atoms with Crippen LogP contribution < -0.4 is 5.56 Å². The van der Waals surface area contributed by atoms with Crippen molar-refractivity contribution in [3.05, 3.63) is 56.6 Å². The molecule has 3 aromatic rings. The number of carbonyl (C=O) groups excluding carboxylic acids is 1. The van der Waals surface area contributed by atoms with E-state index in [4.69, 9.17) is 4.74 Å². The molecule has 2 aliphatic rings. The highest BCUT2D eigenvalue weighted by molar-refractivity contribution is 7.98. The molecule has 1 atom stereocenters. The van der Waals surface area contributed by atoms with E-state index in [1.165, 1.54) is 17.8 Å². The molecule has 0 saturated heterocycles. The van der Waals surface area contributed by atoms with Gasteiger partial charge >= 0.3 is 5.97 Å². The van der Waals surface area contributed by atoms with Crippen LogP contribution in [0.5, 0.6) is 0 Å². The third-order valence-electron chi connectivity index (χ3n) is 5.44. The lowest BCUT2D eigenvalue weighted by Gasteiger charge is -2.21. The Bertz CT molecular complexity index is 1270. The van der Waals surface area contributed by atoms with Crippen LogP contribution in [0.3, 0.4) is 0 Å². The number of aliphatic hydroxyl groups is 1. The number of halogens is 1. The van der Waals surface area contributed by atoms with Crippen molar-refractivity contribution in [1.82, 2.24) is 9.55 Å². The van der Waals surface area contributed by atoms with Gasteiger partial charge in [0.15, 0.2) is 6.10 Å². The third kappa shape index (κ3) is 2.21. The van der Waals surface area contributed by atoms with E-state index in [0.717, 1.165) is 16.5 Å². The monoisotopic (exact) mass is 398 g/mol. The maximum atomic E-state index is 14.4. The summed E-state index contributed by atoms with van der Waals surface area (Å²) in [7, 11) is 0. The number of hydrogen-bond acceptors (Lipinski definition) is 6. The Kier molecular flexibility index (Phi) is 3.66. The molecule has 1 N–H and O–H groups in total. The summed E-state index contributed by atoms with van der Waals surface area (Å²) in [6, 6.07) is 4.96. The van der Waals surface area contributed by atoms with Crippen molar-refractivity contribution >= 4 is 28.6 Å². The number of aliphatic hydroxyl groups excluding tert-OH is 1. The number of ether oxygens (including phenoxy) is 1. The molecule has 28 heavy (non-hydrogen) atoms. The van der Waals surface area contributed by atoms with Crippen molar-refractivity contribution in [2.45, 2.75) is 31.1 Å². The van der Waals surface area contributed by atoms with Crippen LogP contribution in [0.25, 0.3) is 22.3 Å². The molecule has 6 nitrogen and oxygen atoms in total. The Morgan fingerprint density at radius 2 is 2.11 bits per heavy atom. The van der Waals surface area contributed by atoms with Crippen molar-refractivity contribution < 1.29 is 19.0 Å². The zero-order chi connectivity index (χ0) is 19.7. The van der Waals surface area contributed by atoms with Gasteiger partial charge in [0.05, 0.1) is 29.0 Å². The summed E-state index contributed by atoms with van der Waals surface area (Å²) in [6.45, 7) is 2.03. The topological polar surface area (TPSA) is 81.4 Å². The van der Waals surface area contributed by atoms with Gasteiger partial charge < -0.3 is 14.4 Å². The summed E-state index contributed by atoms with van der Waals surface area (Å²) in [5.74, 6) is -1.10. The fraction of sp³-hybridized carbons (Fsp3) is 0.250. The van der Waals surface area contributed by atoms with Gasteiger partial charge in [0.25, 0.3) is 5.56 Å². The molecule has 0 saturated carbocycles. The van der Waals surface area contributed by atoms with Gasteiger partial charge in [0.2, 0.25) is 0 Å². The highest BCUT2D eigenvalue weighted by Gasteiger charge is 2.33. The maximum absolute atomic E-state index is 14.4. The first-order chi connectivity index (χ1) is 13.4. The van der Waals surface area contributed by atoms with Crippen LogP contribution >= 0.6 is 11.8 Å². The Morgan fingerprint density at radius 1 is 1.32 bits per heavy atom. The summed E-state index contributed by atoms with van der Waals surface area (Å²) >= 11 is 1.35. The van der Waals surface area contributed by atoms with Crippen molar-refractivity contribution in [3.8, 4) is 11.4 Å². The lowest BCUT2D eigenvalue weighted by atomic mass is 10.00. The van der Waals surface area contributed by atoms with E-state index in [2.05, 4.69) is 4.98 Å². The van der Waals surface area contributed by atoms with Gasteiger partial charge in [0.1, 0.15) is 12.4 Å². The van der Waals surface area contributed by atoms with E-state index in [1.807, 2.05) is 19.2 Å². The summed E-state index contributed by atoms with van der Waals surface area (Å²) in [5.41, 5.74) is 3.46. The first-order valence-electron chi connectivity index (χ1n) is 8.69. The zero-order valence-corrected chi connectivity index (χ0v) is 15.9. The smallest absolute Gasteiger partial charge is 0.340 e. The predicted octanol–water partition coefficient (Wildman–Crippen LogP) is 2.68. The average molecular weight is 398 g/mol. The molecule has 0 radical (unpaired) electrons. The minimum atomic E-state index is -1.49. The summed E-state index contributed by atoms with van der Waals surface area (Å²) in [4.78, 5) is 29.8. The van der Waals surface area contributed by atoms with Gasteiger partial charge in [-0.2, -0.15) is 0 Å². The highest BCUT2D eigenvalue weighted by atomic mass is 32.2. The number of carbonyl (C=O) groups is 1. The van der Waals surface area contributed by atoms with Crippen molar-refractivity contribution in [3.63, 3.8) is 0 Å². The van der Waals surface area contributed by atoms with Crippen LogP contribution in [-0.4, -0.2) is 26.9 Å². The van der Waals surface area contributed by atoms with Gasteiger partial charge in [-0.25, -0.2) is 14.2 Å². The lowest BCUT2D eigenvalue weighted by Crippen LogP contribution is -2.32. The minimum Gasteiger partial charge on any atom is -0.458 e. The molecule has 0 spiro atoms. The number of cyclic esters (lactones) is 1. The number of thioether (sulfide) groups is 1. The normalized spacial score (nSPS) is 17.3. The van der Waals surface area contributed by atoms with Crippen LogP contribution in [0.1, 0.15) is 28.4 Å². The summed E-state index contributed by atoms with van der Waals surface area (Å²) < 4.78 is 20.9. The van der Waals surface area contributed by atoms with Crippen LogP contribution in [0, 0.1) is 12.7 Å². The molecule has 1 unspecified atom stereocenters. The minimum absolute atomic E-state index is 0.155. The summed E-state index contributed by atoms with van der Waals surface area (Å²) in [6.07, 6.45) is 0.336. The van der Waals surface area contributed by atoms with Crippen LogP contribution in [0.2, 0.25) is 0 Å². The largest absolute Gasteiger partial charge is 0.458 e. The highest BCUT2D eigenvalue weighted by Crippen LogP contribution is 2.37. The number of benzene rings is 1. The molecule has 142 valence electrons. The molecule has 5 rings (SSSR count). The van der Waals surface area contributed by atoms with Crippen molar-refractivity contribution in [2.24, 2.45) is 0 Å². The van der Waals surface area contributed by atoms with Gasteiger partial charge in [-0.3, -0.25) is 4.79 Å². The first kappa shape index (κ1) is 17.4. The standard InChI is InChI=1S/C20H15FN2O4S/c1-8-10-3-9-6-23-15(16(9)22-14(10)5-13(21)18(8)28-2)4-11-12(19(23)25)7-27-20(26)17(11)24/h3-5,17,24H,6-7H2,1-2H3. The zero-order valence-electron chi connectivity index (χ0n) is 15.1. The molecule has 4 heterocycles. The molecule has 0 fully saturated rings. The molecule has 8 heteroatoms.